The van der Waals surface area contributed by atoms with Crippen LogP contribution in [0.25, 0.3) is 0 Å². The highest BCUT2D eigenvalue weighted by Crippen LogP contribution is 2.33. The fraction of sp³-hybridized carbons (Fsp3) is 0.627. The van der Waals surface area contributed by atoms with Gasteiger partial charge in [0.25, 0.3) is 17.7 Å². The van der Waals surface area contributed by atoms with Crippen LogP contribution in [-0.4, -0.2) is 135 Å². The number of rotatable bonds is 37. The van der Waals surface area contributed by atoms with E-state index in [4.69, 9.17) is 31.2 Å². The zero-order chi connectivity index (χ0) is 48.8. The van der Waals surface area contributed by atoms with Crippen LogP contribution in [0.3, 0.4) is 0 Å². The Morgan fingerprint density at radius 2 is 1.31 bits per heavy atom. The van der Waals surface area contributed by atoms with Gasteiger partial charge >= 0.3 is 0 Å². The highest BCUT2D eigenvalue weighted by molar-refractivity contribution is 7.80. The highest BCUT2D eigenvalue weighted by Gasteiger charge is 2.47. The summed E-state index contributed by atoms with van der Waals surface area (Å²) in [5.41, 5.74) is 1.55. The second-order valence-corrected chi connectivity index (χ2v) is 17.8. The standard InChI is InChI=1S/C51H76N6O10S/c1-3-4-5-6-7-8-9-10-11-12-16-25-45(68)53-29-18-17-23-42(48(60)54-39-20-14-13-15-21-39)55-44(58)28-31-64-33-35-66-37-38-67-36-34-65-32-30-52-41-24-19-22-40-47(41)51(63)57(49(40)61)43-26-27-46(59)56(2)50(43)62/h13-15,19-22,24,42-43,52H,3-12,16-18,23,25-38H2,1-2H3,(H,53,68)(H,54,60)(H,55,58)/t42-,43?/m0/s1. The molecule has 4 rings (SSSR count). The molecular formula is C51H76N6O10S. The van der Waals surface area contributed by atoms with Crippen molar-refractivity contribution in [3.8, 4) is 0 Å². The van der Waals surface area contributed by atoms with Crippen molar-refractivity contribution in [1.82, 2.24) is 20.4 Å². The monoisotopic (exact) mass is 965 g/mol. The number of carbonyl (C=O) groups excluding carboxylic acids is 6. The SMILES string of the molecule is CCCCCCCCCCCCCC(=S)NCCCC[C@H](NC(=O)CCOCCOCCOCCOCCNc1cccc2c1C(=O)N(C1CCC(=O)N(C)C1=O)C2=O)C(=O)Nc1ccccc1. The summed E-state index contributed by atoms with van der Waals surface area (Å²) in [5, 5.41) is 12.3. The molecule has 0 bridgehead atoms. The summed E-state index contributed by atoms with van der Waals surface area (Å²) in [6.45, 7) is 5.87. The highest BCUT2D eigenvalue weighted by atomic mass is 32.1. The normalized spacial score (nSPS) is 15.1. The molecule has 0 radical (unpaired) electrons. The fourth-order valence-corrected chi connectivity index (χ4v) is 8.33. The number of piperidine rings is 1. The maximum atomic E-state index is 13.4. The Hall–Kier alpha value is -4.81. The molecule has 6 amide bonds. The molecule has 0 aromatic heterocycles. The number of carbonyl (C=O) groups is 6. The van der Waals surface area contributed by atoms with Crippen molar-refractivity contribution in [2.24, 2.45) is 0 Å². The van der Waals surface area contributed by atoms with Gasteiger partial charge in [-0.2, -0.15) is 0 Å². The number of ether oxygens (including phenoxy) is 4. The third-order valence-corrected chi connectivity index (χ3v) is 12.3. The number of hydrogen-bond acceptors (Lipinski definition) is 12. The predicted molar refractivity (Wildman–Crippen MR) is 267 cm³/mol. The zero-order valence-corrected chi connectivity index (χ0v) is 41.3. The van der Waals surface area contributed by atoms with E-state index < -0.39 is 29.8 Å². The molecule has 0 saturated carbocycles. The first-order valence-electron chi connectivity index (χ1n) is 24.9. The maximum absolute atomic E-state index is 13.4. The summed E-state index contributed by atoms with van der Waals surface area (Å²) in [6.07, 6.45) is 17.6. The number of likely N-dealkylation sites (N-methyl/N-ethyl adjacent to an activating group) is 1. The number of hydrogen-bond donors (Lipinski definition) is 4. The predicted octanol–water partition coefficient (Wildman–Crippen LogP) is 7.21. The quantitative estimate of drug-likeness (QED) is 0.0302. The molecule has 2 aliphatic heterocycles. The van der Waals surface area contributed by atoms with E-state index in [1.807, 2.05) is 30.3 Å². The smallest absolute Gasteiger partial charge is 0.264 e. The minimum atomic E-state index is -1.01. The molecule has 2 aromatic carbocycles. The molecule has 1 saturated heterocycles. The second-order valence-electron chi connectivity index (χ2n) is 17.3. The van der Waals surface area contributed by atoms with Crippen LogP contribution in [0.5, 0.6) is 0 Å². The molecule has 1 fully saturated rings. The first kappa shape index (κ1) is 55.8. The van der Waals surface area contributed by atoms with Gasteiger partial charge < -0.3 is 40.2 Å². The van der Waals surface area contributed by atoms with E-state index in [1.165, 1.54) is 71.3 Å². The average Bonchev–Trinajstić information content (AvgIpc) is 3.59. The van der Waals surface area contributed by atoms with Crippen LogP contribution in [0.1, 0.15) is 143 Å². The number of unbranched alkanes of at least 4 members (excludes halogenated alkanes) is 11. The lowest BCUT2D eigenvalue weighted by atomic mass is 10.0. The van der Waals surface area contributed by atoms with E-state index in [0.717, 1.165) is 47.0 Å². The van der Waals surface area contributed by atoms with Crippen LogP contribution >= 0.6 is 12.2 Å². The number of nitrogens with one attached hydrogen (secondary N) is 4. The second kappa shape index (κ2) is 32.9. The zero-order valence-electron chi connectivity index (χ0n) is 40.5. The van der Waals surface area contributed by atoms with Crippen molar-refractivity contribution in [3.63, 3.8) is 0 Å². The van der Waals surface area contributed by atoms with E-state index in [0.29, 0.717) is 70.6 Å². The van der Waals surface area contributed by atoms with Crippen molar-refractivity contribution in [1.29, 1.82) is 0 Å². The minimum absolute atomic E-state index is 0.0784. The topological polar surface area (TPSA) is 194 Å². The Balaban J connectivity index is 0.992. The number of fused-ring (bicyclic) bond motifs is 1. The Morgan fingerprint density at radius 1 is 0.691 bits per heavy atom. The number of anilines is 2. The number of para-hydroxylation sites is 1. The number of amides is 6. The Labute approximate surface area is 408 Å². The van der Waals surface area contributed by atoms with Crippen molar-refractivity contribution in [3.05, 3.63) is 59.7 Å². The summed E-state index contributed by atoms with van der Waals surface area (Å²) in [7, 11) is 1.36. The molecule has 0 spiro atoms. The van der Waals surface area contributed by atoms with Gasteiger partial charge in [0.1, 0.15) is 12.1 Å². The average molecular weight is 965 g/mol. The van der Waals surface area contributed by atoms with Gasteiger partial charge in [0.2, 0.25) is 17.7 Å². The number of benzene rings is 2. The van der Waals surface area contributed by atoms with Crippen LogP contribution < -0.4 is 21.3 Å². The van der Waals surface area contributed by atoms with E-state index in [2.05, 4.69) is 28.2 Å². The first-order valence-corrected chi connectivity index (χ1v) is 25.3. The van der Waals surface area contributed by atoms with Crippen molar-refractivity contribution in [2.45, 2.75) is 135 Å². The van der Waals surface area contributed by atoms with Crippen LogP contribution in [-0.2, 0) is 38.1 Å². The molecule has 68 heavy (non-hydrogen) atoms. The molecule has 2 atom stereocenters. The molecule has 17 heteroatoms. The van der Waals surface area contributed by atoms with Crippen molar-refractivity contribution in [2.75, 3.05) is 83.6 Å². The first-order chi connectivity index (χ1) is 33.1. The van der Waals surface area contributed by atoms with Gasteiger partial charge in [-0.3, -0.25) is 38.6 Å². The van der Waals surface area contributed by atoms with Gasteiger partial charge in [0.15, 0.2) is 0 Å². The van der Waals surface area contributed by atoms with Gasteiger partial charge in [-0.05, 0) is 62.8 Å². The Morgan fingerprint density at radius 3 is 1.97 bits per heavy atom. The number of imide groups is 2. The van der Waals surface area contributed by atoms with Crippen molar-refractivity contribution < 1.29 is 47.7 Å². The molecule has 2 aliphatic rings. The fourth-order valence-electron chi connectivity index (χ4n) is 8.08. The lowest BCUT2D eigenvalue weighted by molar-refractivity contribution is -0.149. The van der Waals surface area contributed by atoms with Gasteiger partial charge in [-0.15, -0.1) is 0 Å². The van der Waals surface area contributed by atoms with E-state index in [-0.39, 0.29) is 54.7 Å². The summed E-state index contributed by atoms with van der Waals surface area (Å²) in [6, 6.07) is 12.4. The third kappa shape index (κ3) is 20.0. The number of thiocarbonyl (C=S) groups is 1. The molecule has 0 aliphatic carbocycles. The van der Waals surface area contributed by atoms with Gasteiger partial charge in [0, 0.05) is 44.4 Å². The van der Waals surface area contributed by atoms with E-state index >= 15 is 0 Å². The lowest BCUT2D eigenvalue weighted by Crippen LogP contribution is -2.54. The molecule has 16 nitrogen and oxygen atoms in total. The minimum Gasteiger partial charge on any atom is -0.382 e. The number of likely N-dealkylation sites (tertiary alicyclic amines) is 1. The largest absolute Gasteiger partial charge is 0.382 e. The Bertz CT molecular complexity index is 1890. The van der Waals surface area contributed by atoms with Crippen LogP contribution in [0.4, 0.5) is 11.4 Å². The van der Waals surface area contributed by atoms with Crippen LogP contribution in [0.2, 0.25) is 0 Å². The van der Waals surface area contributed by atoms with Gasteiger partial charge in [-0.25, -0.2) is 0 Å². The van der Waals surface area contributed by atoms with E-state index in [1.54, 1.807) is 18.2 Å². The van der Waals surface area contributed by atoms with Crippen LogP contribution in [0.15, 0.2) is 48.5 Å². The van der Waals surface area contributed by atoms with E-state index in [9.17, 15) is 28.8 Å². The van der Waals surface area contributed by atoms with Crippen LogP contribution in [0, 0.1) is 0 Å². The molecule has 4 N–H and O–H groups in total. The third-order valence-electron chi connectivity index (χ3n) is 12.0. The summed E-state index contributed by atoms with van der Waals surface area (Å²) in [5.74, 6) is -2.54. The summed E-state index contributed by atoms with van der Waals surface area (Å²) < 4.78 is 22.4. The van der Waals surface area contributed by atoms with Gasteiger partial charge in [-0.1, -0.05) is 108 Å². The maximum Gasteiger partial charge on any atom is 0.264 e. The molecule has 376 valence electrons. The summed E-state index contributed by atoms with van der Waals surface area (Å²) >= 11 is 5.56. The molecule has 1 unspecified atom stereocenters. The molecular weight excluding hydrogens is 889 g/mol. The molecule has 2 aromatic rings. The van der Waals surface area contributed by atoms with Crippen molar-refractivity contribution >= 4 is 64.0 Å². The molecule has 2 heterocycles. The lowest BCUT2D eigenvalue weighted by Gasteiger charge is -2.32. The van der Waals surface area contributed by atoms with Gasteiger partial charge in [0.05, 0.1) is 69.0 Å². The Kier molecular flexibility index (Phi) is 26.9. The number of nitrogens with zero attached hydrogens (tertiary/aromatic N) is 2. The summed E-state index contributed by atoms with van der Waals surface area (Å²) in [4.78, 5) is 80.1.